The highest BCUT2D eigenvalue weighted by Crippen LogP contribution is 2.31. The normalized spacial score (nSPS) is 20.4. The van der Waals surface area contributed by atoms with Crippen LogP contribution in [-0.4, -0.2) is 6.54 Å². The van der Waals surface area contributed by atoms with Gasteiger partial charge in [-0.25, -0.2) is 22.0 Å². The Morgan fingerprint density at radius 3 is 1.75 bits per heavy atom. The number of nitrogens with one attached hydrogen (secondary N) is 1. The number of hydrogen-bond donors (Lipinski definition) is 1. The second kappa shape index (κ2) is 4.01. The van der Waals surface area contributed by atoms with E-state index < -0.39 is 40.7 Å². The van der Waals surface area contributed by atoms with E-state index in [1.807, 2.05) is 0 Å². The Bertz CT molecular complexity index is 397. The molecule has 1 saturated heterocycles. The minimum Gasteiger partial charge on any atom is -0.310 e. The molecule has 0 unspecified atom stereocenters. The number of hydrogen-bond acceptors (Lipinski definition) is 1. The molecule has 1 aromatic carbocycles. The van der Waals surface area contributed by atoms with Crippen LogP contribution in [0.4, 0.5) is 22.0 Å². The molecule has 0 aromatic heterocycles. The molecule has 1 nitrogen and oxygen atoms in total. The van der Waals surface area contributed by atoms with Crippen LogP contribution in [0, 0.1) is 29.1 Å². The third kappa shape index (κ3) is 1.57. The van der Waals surface area contributed by atoms with Crippen LogP contribution in [-0.2, 0) is 0 Å². The molecule has 1 N–H and O–H groups in total. The second-order valence-electron chi connectivity index (χ2n) is 3.63. The molecular formula is C10H8F5N. The largest absolute Gasteiger partial charge is 0.310 e. The van der Waals surface area contributed by atoms with Gasteiger partial charge >= 0.3 is 0 Å². The summed E-state index contributed by atoms with van der Waals surface area (Å²) in [6.45, 7) is 0.504. The molecule has 16 heavy (non-hydrogen) atoms. The Kier molecular flexibility index (Phi) is 2.84. The van der Waals surface area contributed by atoms with Crippen molar-refractivity contribution in [3.05, 3.63) is 34.6 Å². The van der Waals surface area contributed by atoms with Gasteiger partial charge in [-0.3, -0.25) is 0 Å². The first-order valence-electron chi connectivity index (χ1n) is 4.78. The predicted octanol–water partition coefficient (Wildman–Crippen LogP) is 2.81. The molecule has 1 aliphatic heterocycles. The molecule has 1 aromatic rings. The zero-order chi connectivity index (χ0) is 11.9. The molecule has 1 aliphatic rings. The van der Waals surface area contributed by atoms with E-state index in [2.05, 4.69) is 5.32 Å². The fraction of sp³-hybridized carbons (Fsp3) is 0.400. The predicted molar refractivity (Wildman–Crippen MR) is 46.2 cm³/mol. The third-order valence-electron chi connectivity index (χ3n) is 2.65. The Balaban J connectivity index is 2.59. The van der Waals surface area contributed by atoms with Crippen LogP contribution in [0.1, 0.15) is 24.4 Å². The van der Waals surface area contributed by atoms with Gasteiger partial charge in [0.1, 0.15) is 0 Å². The van der Waals surface area contributed by atoms with Gasteiger partial charge in [0, 0.05) is 11.6 Å². The Labute approximate surface area is 88.3 Å². The first kappa shape index (κ1) is 11.3. The maximum atomic E-state index is 13.3. The summed E-state index contributed by atoms with van der Waals surface area (Å²) in [5, 5.41) is 2.69. The van der Waals surface area contributed by atoms with Crippen molar-refractivity contribution in [2.75, 3.05) is 6.54 Å². The molecule has 0 bridgehead atoms. The van der Waals surface area contributed by atoms with E-state index in [4.69, 9.17) is 0 Å². The van der Waals surface area contributed by atoms with Crippen molar-refractivity contribution >= 4 is 0 Å². The lowest BCUT2D eigenvalue weighted by Crippen LogP contribution is -2.19. The lowest BCUT2D eigenvalue weighted by Gasteiger charge is -2.14. The summed E-state index contributed by atoms with van der Waals surface area (Å²) < 4.78 is 65.1. The van der Waals surface area contributed by atoms with Crippen molar-refractivity contribution in [3.63, 3.8) is 0 Å². The average Bonchev–Trinajstić information content (AvgIpc) is 2.77. The first-order valence-corrected chi connectivity index (χ1v) is 4.78. The van der Waals surface area contributed by atoms with Crippen molar-refractivity contribution < 1.29 is 22.0 Å². The Morgan fingerprint density at radius 1 is 0.812 bits per heavy atom. The summed E-state index contributed by atoms with van der Waals surface area (Å²) in [6.07, 6.45) is 1.00. The van der Waals surface area contributed by atoms with E-state index in [1.54, 1.807) is 0 Å². The summed E-state index contributed by atoms with van der Waals surface area (Å²) in [5.74, 6) is -9.37. The second-order valence-corrected chi connectivity index (χ2v) is 3.63. The van der Waals surface area contributed by atoms with E-state index in [0.717, 1.165) is 0 Å². The third-order valence-corrected chi connectivity index (χ3v) is 2.65. The maximum absolute atomic E-state index is 13.3. The Morgan fingerprint density at radius 2 is 1.31 bits per heavy atom. The van der Waals surface area contributed by atoms with Crippen molar-refractivity contribution in [1.29, 1.82) is 0 Å². The molecule has 6 heteroatoms. The molecule has 1 atom stereocenters. The van der Waals surface area contributed by atoms with Gasteiger partial charge in [0.25, 0.3) is 0 Å². The Hall–Kier alpha value is -1.17. The molecule has 0 saturated carbocycles. The molecule has 0 aliphatic carbocycles. The van der Waals surface area contributed by atoms with E-state index >= 15 is 0 Å². The molecule has 1 heterocycles. The van der Waals surface area contributed by atoms with Crippen LogP contribution in [0.5, 0.6) is 0 Å². The lowest BCUT2D eigenvalue weighted by atomic mass is 10.0. The van der Waals surface area contributed by atoms with Gasteiger partial charge in [0.05, 0.1) is 0 Å². The highest BCUT2D eigenvalue weighted by Gasteiger charge is 2.31. The summed E-state index contributed by atoms with van der Waals surface area (Å²) in [7, 11) is 0. The molecule has 2 rings (SSSR count). The van der Waals surface area contributed by atoms with Gasteiger partial charge in [-0.2, -0.15) is 0 Å². The minimum atomic E-state index is -2.11. The van der Waals surface area contributed by atoms with Gasteiger partial charge in [-0.05, 0) is 19.4 Å². The van der Waals surface area contributed by atoms with Crippen molar-refractivity contribution in [3.8, 4) is 0 Å². The minimum absolute atomic E-state index is 0.359. The van der Waals surface area contributed by atoms with Gasteiger partial charge in [-0.15, -0.1) is 0 Å². The summed E-state index contributed by atoms with van der Waals surface area (Å²) >= 11 is 0. The van der Waals surface area contributed by atoms with Crippen molar-refractivity contribution in [2.24, 2.45) is 0 Å². The maximum Gasteiger partial charge on any atom is 0.200 e. The standard InChI is InChI=1S/C10H8F5N/c11-6-5(4-2-1-3-16-4)7(12)9(14)10(15)8(6)13/h4,16H,1-3H2/t4-/m1/s1. The van der Waals surface area contributed by atoms with Gasteiger partial charge in [-0.1, -0.05) is 0 Å². The highest BCUT2D eigenvalue weighted by atomic mass is 19.2. The smallest absolute Gasteiger partial charge is 0.200 e. The van der Waals surface area contributed by atoms with Crippen LogP contribution in [0.3, 0.4) is 0 Å². The van der Waals surface area contributed by atoms with Crippen LogP contribution in [0.25, 0.3) is 0 Å². The van der Waals surface area contributed by atoms with Crippen LogP contribution < -0.4 is 5.32 Å². The lowest BCUT2D eigenvalue weighted by molar-refractivity contribution is 0.361. The monoisotopic (exact) mass is 237 g/mol. The number of halogens is 5. The van der Waals surface area contributed by atoms with Gasteiger partial charge in [0.2, 0.25) is 5.82 Å². The molecule has 88 valence electrons. The van der Waals surface area contributed by atoms with Crippen LogP contribution >= 0.6 is 0 Å². The zero-order valence-corrected chi connectivity index (χ0v) is 8.09. The highest BCUT2D eigenvalue weighted by molar-refractivity contribution is 5.27. The first-order chi connectivity index (χ1) is 7.54. The van der Waals surface area contributed by atoms with Gasteiger partial charge < -0.3 is 5.32 Å². The number of benzene rings is 1. The molecular weight excluding hydrogens is 229 g/mol. The molecule has 0 amide bonds. The van der Waals surface area contributed by atoms with E-state index in [9.17, 15) is 22.0 Å². The summed E-state index contributed by atoms with van der Waals surface area (Å²) in [5.41, 5.74) is -0.756. The van der Waals surface area contributed by atoms with E-state index in [1.165, 1.54) is 0 Å². The summed E-state index contributed by atoms with van der Waals surface area (Å²) in [6, 6.07) is -0.801. The molecule has 1 fully saturated rings. The topological polar surface area (TPSA) is 12.0 Å². The quantitative estimate of drug-likeness (QED) is 0.450. The number of rotatable bonds is 1. The average molecular weight is 237 g/mol. The van der Waals surface area contributed by atoms with Crippen molar-refractivity contribution in [1.82, 2.24) is 5.32 Å². The van der Waals surface area contributed by atoms with E-state index in [0.29, 0.717) is 19.4 Å². The molecule has 0 radical (unpaired) electrons. The molecule has 0 spiro atoms. The SMILES string of the molecule is Fc1c(F)c(F)c([C@H]2CCCN2)c(F)c1F. The zero-order valence-electron chi connectivity index (χ0n) is 8.09. The van der Waals surface area contributed by atoms with Crippen LogP contribution in [0.2, 0.25) is 0 Å². The van der Waals surface area contributed by atoms with Gasteiger partial charge in [0.15, 0.2) is 23.3 Å². The summed E-state index contributed by atoms with van der Waals surface area (Å²) in [4.78, 5) is 0. The van der Waals surface area contributed by atoms with E-state index in [-0.39, 0.29) is 0 Å². The fourth-order valence-corrected chi connectivity index (χ4v) is 1.86. The van der Waals surface area contributed by atoms with Crippen molar-refractivity contribution in [2.45, 2.75) is 18.9 Å². The fourth-order valence-electron chi connectivity index (χ4n) is 1.86. The van der Waals surface area contributed by atoms with Crippen LogP contribution in [0.15, 0.2) is 0 Å².